The molecule has 0 saturated carbocycles. The molecule has 0 N–H and O–H groups in total. The van der Waals surface area contributed by atoms with E-state index in [0.717, 1.165) is 12.8 Å². The van der Waals surface area contributed by atoms with Crippen molar-refractivity contribution >= 4 is 18.8 Å². The third-order valence-corrected chi connectivity index (χ3v) is 5.51. The van der Waals surface area contributed by atoms with Crippen LogP contribution in [-0.2, 0) is 14.0 Å². The molecule has 1 aromatic rings. The molecular weight excluding hydrogens is 347 g/mol. The molecule has 3 heterocycles. The molecule has 2 aliphatic rings. The highest BCUT2D eigenvalue weighted by molar-refractivity contribution is 6.61. The van der Waals surface area contributed by atoms with E-state index in [1.165, 1.54) is 0 Å². The Labute approximate surface area is 161 Å². The molecular formula is C18H31BN4O4. The quantitative estimate of drug-likeness (QED) is 0.734. The fourth-order valence-electron chi connectivity index (χ4n) is 3.18. The topological polar surface area (TPSA) is 78.7 Å². The number of hydrogen-bond donors (Lipinski definition) is 0. The van der Waals surface area contributed by atoms with E-state index in [1.807, 2.05) is 59.3 Å². The number of likely N-dealkylation sites (tertiary alicyclic amines) is 1. The van der Waals surface area contributed by atoms with Gasteiger partial charge in [-0.05, 0) is 61.3 Å². The van der Waals surface area contributed by atoms with Crippen molar-refractivity contribution in [1.82, 2.24) is 19.9 Å². The lowest BCUT2D eigenvalue weighted by molar-refractivity contribution is 0.00578. The summed E-state index contributed by atoms with van der Waals surface area (Å²) in [5.41, 5.74) is -0.596. The summed E-state index contributed by atoms with van der Waals surface area (Å²) in [5.74, 6) is 0. The average Bonchev–Trinajstić information content (AvgIpc) is 3.09. The van der Waals surface area contributed by atoms with E-state index in [-0.39, 0.29) is 12.1 Å². The maximum Gasteiger partial charge on any atom is 0.518 e. The molecule has 9 heteroatoms. The Morgan fingerprint density at radius 3 is 2.26 bits per heavy atom. The Bertz CT molecular complexity index is 674. The van der Waals surface area contributed by atoms with Crippen molar-refractivity contribution in [3.8, 4) is 0 Å². The zero-order chi connectivity index (χ0) is 20.0. The summed E-state index contributed by atoms with van der Waals surface area (Å²) in [6.07, 6.45) is 3.27. The van der Waals surface area contributed by atoms with Crippen LogP contribution in [0.15, 0.2) is 6.20 Å². The first-order valence-electron chi connectivity index (χ1n) is 9.63. The number of carbonyl (C=O) groups excluding carboxylic acids is 1. The standard InChI is InChI=1S/C18H31BN4O4/c1-16(2,3)25-15(24)22-10-8-13(9-11-22)23-12-14(20-21-23)19-26-17(4,5)18(6,7)27-19/h12-13H,8-11H2,1-7H3. The third-order valence-electron chi connectivity index (χ3n) is 5.51. The highest BCUT2D eigenvalue weighted by Crippen LogP contribution is 2.36. The van der Waals surface area contributed by atoms with Gasteiger partial charge in [0.05, 0.1) is 17.2 Å². The lowest BCUT2D eigenvalue weighted by Crippen LogP contribution is -2.42. The van der Waals surface area contributed by atoms with Gasteiger partial charge < -0.3 is 18.9 Å². The van der Waals surface area contributed by atoms with Crippen LogP contribution < -0.4 is 5.59 Å². The normalized spacial score (nSPS) is 22.9. The van der Waals surface area contributed by atoms with Crippen LogP contribution in [0, 0.1) is 0 Å². The molecule has 2 fully saturated rings. The lowest BCUT2D eigenvalue weighted by atomic mass is 9.86. The van der Waals surface area contributed by atoms with Gasteiger partial charge in [-0.3, -0.25) is 0 Å². The van der Waals surface area contributed by atoms with E-state index in [0.29, 0.717) is 18.7 Å². The van der Waals surface area contributed by atoms with Gasteiger partial charge >= 0.3 is 13.2 Å². The zero-order valence-corrected chi connectivity index (χ0v) is 17.5. The summed E-state index contributed by atoms with van der Waals surface area (Å²) in [5, 5.41) is 8.55. The minimum absolute atomic E-state index is 0.201. The molecule has 0 bridgehead atoms. The zero-order valence-electron chi connectivity index (χ0n) is 17.5. The molecule has 2 aliphatic heterocycles. The van der Waals surface area contributed by atoms with E-state index in [2.05, 4.69) is 10.3 Å². The van der Waals surface area contributed by atoms with Crippen LogP contribution in [0.1, 0.15) is 67.3 Å². The second-order valence-electron chi connectivity index (χ2n) is 9.41. The molecule has 0 radical (unpaired) electrons. The molecule has 27 heavy (non-hydrogen) atoms. The molecule has 0 spiro atoms. The first-order valence-corrected chi connectivity index (χ1v) is 9.63. The summed E-state index contributed by atoms with van der Waals surface area (Å²) >= 11 is 0. The Kier molecular flexibility index (Phi) is 5.05. The van der Waals surface area contributed by atoms with Gasteiger partial charge in [-0.25, -0.2) is 9.48 Å². The van der Waals surface area contributed by atoms with Gasteiger partial charge in [-0.1, -0.05) is 5.21 Å². The van der Waals surface area contributed by atoms with E-state index < -0.39 is 23.9 Å². The number of piperidine rings is 1. The van der Waals surface area contributed by atoms with E-state index in [1.54, 1.807) is 4.90 Å². The van der Waals surface area contributed by atoms with Crippen molar-refractivity contribution in [3.05, 3.63) is 6.20 Å². The number of nitrogens with zero attached hydrogens (tertiary/aromatic N) is 4. The predicted molar refractivity (Wildman–Crippen MR) is 102 cm³/mol. The van der Waals surface area contributed by atoms with Crippen molar-refractivity contribution in [2.45, 2.75) is 84.2 Å². The summed E-state index contributed by atoms with van der Waals surface area (Å²) in [6.45, 7) is 15.0. The van der Waals surface area contributed by atoms with Gasteiger partial charge in [0.15, 0.2) is 0 Å². The second kappa shape index (κ2) is 6.77. The maximum absolute atomic E-state index is 12.2. The van der Waals surface area contributed by atoms with Crippen LogP contribution >= 0.6 is 0 Å². The van der Waals surface area contributed by atoms with E-state index in [4.69, 9.17) is 14.0 Å². The Hall–Kier alpha value is -1.61. The van der Waals surface area contributed by atoms with E-state index >= 15 is 0 Å². The van der Waals surface area contributed by atoms with E-state index in [9.17, 15) is 4.79 Å². The van der Waals surface area contributed by atoms with Crippen LogP contribution in [0.2, 0.25) is 0 Å². The number of carbonyl (C=O) groups is 1. The van der Waals surface area contributed by atoms with Crippen molar-refractivity contribution in [3.63, 3.8) is 0 Å². The smallest absolute Gasteiger partial charge is 0.444 e. The number of rotatable bonds is 2. The molecule has 150 valence electrons. The number of aromatic nitrogens is 3. The summed E-state index contributed by atoms with van der Waals surface area (Å²) < 4.78 is 19.4. The number of ether oxygens (including phenoxy) is 1. The lowest BCUT2D eigenvalue weighted by Gasteiger charge is -2.33. The Morgan fingerprint density at radius 2 is 1.74 bits per heavy atom. The Morgan fingerprint density at radius 1 is 1.19 bits per heavy atom. The molecule has 1 amide bonds. The van der Waals surface area contributed by atoms with Crippen LogP contribution in [0.5, 0.6) is 0 Å². The summed E-state index contributed by atoms with van der Waals surface area (Å²) in [6, 6.07) is 0.201. The number of amides is 1. The maximum atomic E-state index is 12.2. The first kappa shape index (κ1) is 20.1. The average molecular weight is 378 g/mol. The van der Waals surface area contributed by atoms with Gasteiger partial charge in [0, 0.05) is 19.3 Å². The highest BCUT2D eigenvalue weighted by Gasteiger charge is 2.53. The van der Waals surface area contributed by atoms with Crippen LogP contribution in [0.25, 0.3) is 0 Å². The minimum atomic E-state index is -0.509. The monoisotopic (exact) mass is 378 g/mol. The molecule has 0 aliphatic carbocycles. The van der Waals surface area contributed by atoms with Crippen molar-refractivity contribution in [1.29, 1.82) is 0 Å². The molecule has 8 nitrogen and oxygen atoms in total. The predicted octanol–water partition coefficient (Wildman–Crippen LogP) is 2.15. The van der Waals surface area contributed by atoms with Crippen LogP contribution in [0.3, 0.4) is 0 Å². The first-order chi connectivity index (χ1) is 12.4. The van der Waals surface area contributed by atoms with Gasteiger partial charge in [0.25, 0.3) is 0 Å². The van der Waals surface area contributed by atoms with Gasteiger partial charge in [0.1, 0.15) is 11.2 Å². The van der Waals surface area contributed by atoms with Crippen LogP contribution in [-0.4, -0.2) is 63.0 Å². The molecule has 2 saturated heterocycles. The fourth-order valence-corrected chi connectivity index (χ4v) is 3.18. The Balaban J connectivity index is 1.58. The third kappa shape index (κ3) is 4.29. The molecule has 0 unspecified atom stereocenters. The summed E-state index contributed by atoms with van der Waals surface area (Å²) in [4.78, 5) is 14.0. The fraction of sp³-hybridized carbons (Fsp3) is 0.833. The molecule has 0 atom stereocenters. The molecule has 1 aromatic heterocycles. The van der Waals surface area contributed by atoms with Crippen LogP contribution in [0.4, 0.5) is 4.79 Å². The van der Waals surface area contributed by atoms with Crippen molar-refractivity contribution in [2.75, 3.05) is 13.1 Å². The SMILES string of the molecule is CC(C)(C)OC(=O)N1CCC(n2cc(B3OC(C)(C)C(C)(C)O3)nn2)CC1. The molecule has 0 aromatic carbocycles. The van der Waals surface area contributed by atoms with Gasteiger partial charge in [-0.2, -0.15) is 0 Å². The number of hydrogen-bond acceptors (Lipinski definition) is 6. The van der Waals surface area contributed by atoms with Gasteiger partial charge in [0.2, 0.25) is 0 Å². The molecule has 3 rings (SSSR count). The largest absolute Gasteiger partial charge is 0.518 e. The van der Waals surface area contributed by atoms with Gasteiger partial charge in [-0.15, -0.1) is 5.10 Å². The van der Waals surface area contributed by atoms with Crippen molar-refractivity contribution < 1.29 is 18.8 Å². The summed E-state index contributed by atoms with van der Waals surface area (Å²) in [7, 11) is -0.509. The second-order valence-corrected chi connectivity index (χ2v) is 9.41. The highest BCUT2D eigenvalue weighted by atomic mass is 16.7. The minimum Gasteiger partial charge on any atom is -0.444 e. The van der Waals surface area contributed by atoms with Crippen molar-refractivity contribution in [2.24, 2.45) is 0 Å².